The second kappa shape index (κ2) is 8.81. The molecule has 0 atom stereocenters. The van der Waals surface area contributed by atoms with Crippen LogP contribution in [0.4, 0.5) is 19.3 Å². The smallest absolute Gasteiger partial charge is 0.377 e. The minimum atomic E-state index is -1.35. The summed E-state index contributed by atoms with van der Waals surface area (Å²) in [5.74, 6) is -4.02. The number of amides is 1. The van der Waals surface area contributed by atoms with Crippen molar-refractivity contribution in [2.24, 2.45) is 0 Å². The Hall–Kier alpha value is -4.09. The Bertz CT molecular complexity index is 1260. The summed E-state index contributed by atoms with van der Waals surface area (Å²) in [6, 6.07) is 5.27. The fraction of sp³-hybridized carbons (Fsp3) is 0.286. The molecule has 1 saturated carbocycles. The second-order valence-electron chi connectivity index (χ2n) is 7.61. The first-order valence-electron chi connectivity index (χ1n) is 10.2. The molecule has 1 aliphatic carbocycles. The third-order valence-electron chi connectivity index (χ3n) is 5.55. The number of para-hydroxylation sites is 1. The highest BCUT2D eigenvalue weighted by Gasteiger charge is 2.32. The number of tetrazole rings is 1. The number of anilines is 1. The number of hydrogen-bond donors (Lipinski definition) is 2. The molecule has 0 spiro atoms. The number of carbonyl (C=O) groups is 2. The lowest BCUT2D eigenvalue weighted by Gasteiger charge is -2.33. The second-order valence-corrected chi connectivity index (χ2v) is 7.61. The van der Waals surface area contributed by atoms with E-state index in [0.29, 0.717) is 22.2 Å². The predicted octanol–water partition coefficient (Wildman–Crippen LogP) is 2.92. The van der Waals surface area contributed by atoms with Gasteiger partial charge >= 0.3 is 17.7 Å². The lowest BCUT2D eigenvalue weighted by Crippen LogP contribution is -2.47. The van der Waals surface area contributed by atoms with E-state index in [2.05, 4.69) is 10.4 Å². The molecule has 0 unspecified atom stereocenters. The number of nitrogens with zero attached hydrogens (tertiary/aromatic N) is 5. The maximum Gasteiger partial charge on any atom is 0.377 e. The Morgan fingerprint density at radius 3 is 2.30 bits per heavy atom. The molecule has 1 fully saturated rings. The van der Waals surface area contributed by atoms with Gasteiger partial charge in [-0.2, -0.15) is 4.68 Å². The highest BCUT2D eigenvalue weighted by Crippen LogP contribution is 2.31. The number of benzene rings is 2. The first-order chi connectivity index (χ1) is 15.8. The van der Waals surface area contributed by atoms with Gasteiger partial charge in [0.25, 0.3) is 0 Å². The van der Waals surface area contributed by atoms with Gasteiger partial charge < -0.3 is 10.2 Å². The topological polar surface area (TPSA) is 131 Å². The normalized spacial score (nSPS) is 14.2. The van der Waals surface area contributed by atoms with E-state index in [1.807, 2.05) is 0 Å². The largest absolute Gasteiger partial charge is 0.507 e. The first kappa shape index (κ1) is 22.1. The Morgan fingerprint density at radius 2 is 1.70 bits per heavy atom. The van der Waals surface area contributed by atoms with E-state index in [4.69, 9.17) is 5.11 Å². The van der Waals surface area contributed by atoms with E-state index >= 15 is 0 Å². The number of aromatic carboxylic acids is 1. The summed E-state index contributed by atoms with van der Waals surface area (Å²) in [7, 11) is 0. The monoisotopic (exact) mass is 459 g/mol. The van der Waals surface area contributed by atoms with Crippen LogP contribution in [0.3, 0.4) is 0 Å². The molecule has 0 saturated heterocycles. The van der Waals surface area contributed by atoms with Gasteiger partial charge in [-0.15, -0.1) is 4.68 Å². The zero-order chi connectivity index (χ0) is 23.7. The molecule has 2 aromatic carbocycles. The molecule has 33 heavy (non-hydrogen) atoms. The maximum absolute atomic E-state index is 14.1. The van der Waals surface area contributed by atoms with E-state index in [0.717, 1.165) is 49.6 Å². The Balaban J connectivity index is 1.78. The summed E-state index contributed by atoms with van der Waals surface area (Å²) in [5.41, 5.74) is -2.16. The molecule has 12 heteroatoms. The van der Waals surface area contributed by atoms with Gasteiger partial charge in [-0.3, -0.25) is 4.90 Å². The molecule has 4 rings (SSSR count). The molecule has 1 aliphatic rings. The van der Waals surface area contributed by atoms with Gasteiger partial charge in [-0.05, 0) is 47.5 Å². The number of carboxylic acids is 1. The number of aromatic hydroxyl groups is 1. The van der Waals surface area contributed by atoms with Crippen LogP contribution in [0.2, 0.25) is 0 Å². The van der Waals surface area contributed by atoms with Gasteiger partial charge in [-0.25, -0.2) is 23.2 Å². The van der Waals surface area contributed by atoms with Crippen molar-refractivity contribution >= 4 is 17.7 Å². The molecule has 0 radical (unpaired) electrons. The zero-order valence-corrected chi connectivity index (χ0v) is 17.2. The number of hydrogen-bond acceptors (Lipinski definition) is 6. The van der Waals surface area contributed by atoms with Crippen LogP contribution in [0, 0.1) is 11.6 Å². The number of carboxylic acid groups (broad SMARTS) is 1. The molecule has 172 valence electrons. The lowest BCUT2D eigenvalue weighted by atomic mass is 9.94. The number of aromatic nitrogens is 4. The van der Waals surface area contributed by atoms with Crippen LogP contribution in [-0.4, -0.2) is 48.0 Å². The number of carbonyl (C=O) groups excluding carboxylic acids is 1. The summed E-state index contributed by atoms with van der Waals surface area (Å²) >= 11 is 0. The minimum absolute atomic E-state index is 0.146. The van der Waals surface area contributed by atoms with E-state index in [1.165, 1.54) is 11.0 Å². The number of phenols is 1. The highest BCUT2D eigenvalue weighted by atomic mass is 19.1. The average molecular weight is 459 g/mol. The quantitative estimate of drug-likeness (QED) is 0.574. The third kappa shape index (κ3) is 4.06. The van der Waals surface area contributed by atoms with Gasteiger partial charge in [0.2, 0.25) is 0 Å². The van der Waals surface area contributed by atoms with Gasteiger partial charge in [0.05, 0.1) is 0 Å². The molecule has 0 aliphatic heterocycles. The molecule has 1 amide bonds. The maximum atomic E-state index is 14.1. The van der Waals surface area contributed by atoms with Crippen LogP contribution in [0.25, 0.3) is 5.69 Å². The molecule has 0 bridgehead atoms. The predicted molar refractivity (Wildman–Crippen MR) is 111 cm³/mol. The molecule has 3 aromatic rings. The van der Waals surface area contributed by atoms with E-state index in [9.17, 15) is 28.3 Å². The minimum Gasteiger partial charge on any atom is -0.507 e. The molecule has 2 N–H and O–H groups in total. The van der Waals surface area contributed by atoms with Gasteiger partial charge in [0.1, 0.15) is 17.0 Å². The van der Waals surface area contributed by atoms with E-state index < -0.39 is 40.8 Å². The lowest BCUT2D eigenvalue weighted by molar-refractivity contribution is 0.0693. The van der Waals surface area contributed by atoms with Crippen molar-refractivity contribution < 1.29 is 28.6 Å². The summed E-state index contributed by atoms with van der Waals surface area (Å²) in [5, 5.41) is 26.3. The zero-order valence-electron chi connectivity index (χ0n) is 17.2. The van der Waals surface area contributed by atoms with Crippen LogP contribution in [-0.2, 0) is 0 Å². The van der Waals surface area contributed by atoms with Crippen LogP contribution < -0.4 is 10.6 Å². The van der Waals surface area contributed by atoms with Crippen molar-refractivity contribution in [2.45, 2.75) is 38.1 Å². The summed E-state index contributed by atoms with van der Waals surface area (Å²) in [6.07, 6.45) is 3.78. The molecular weight excluding hydrogens is 440 g/mol. The summed E-state index contributed by atoms with van der Waals surface area (Å²) < 4.78 is 29.0. The van der Waals surface area contributed by atoms with Crippen molar-refractivity contribution in [2.75, 3.05) is 4.90 Å². The fourth-order valence-electron chi connectivity index (χ4n) is 3.97. The SMILES string of the molecule is O=C(O)c1ccc(N(C(=O)n2nnn(-c3c(F)cccc3F)c2=O)C2CCCCC2)cc1O. The number of rotatable bonds is 4. The molecule has 1 heterocycles. The van der Waals surface area contributed by atoms with Crippen molar-refractivity contribution in [3.05, 3.63) is 64.1 Å². The van der Waals surface area contributed by atoms with Gasteiger partial charge in [0, 0.05) is 17.8 Å². The molecule has 1 aromatic heterocycles. The van der Waals surface area contributed by atoms with Crippen molar-refractivity contribution in [1.82, 2.24) is 19.8 Å². The van der Waals surface area contributed by atoms with Crippen molar-refractivity contribution in [3.8, 4) is 11.4 Å². The number of halogens is 2. The van der Waals surface area contributed by atoms with Crippen molar-refractivity contribution in [1.29, 1.82) is 0 Å². The van der Waals surface area contributed by atoms with Crippen LogP contribution in [0.5, 0.6) is 5.75 Å². The fourth-order valence-corrected chi connectivity index (χ4v) is 3.97. The Morgan fingerprint density at radius 1 is 1.03 bits per heavy atom. The van der Waals surface area contributed by atoms with Crippen molar-refractivity contribution in [3.63, 3.8) is 0 Å². The summed E-state index contributed by atoms with van der Waals surface area (Å²) in [4.78, 5) is 38.7. The van der Waals surface area contributed by atoms with Crippen LogP contribution >= 0.6 is 0 Å². The molecular formula is C21H19F2N5O5. The van der Waals surface area contributed by atoms with E-state index in [1.54, 1.807) is 0 Å². The summed E-state index contributed by atoms with van der Waals surface area (Å²) in [6.45, 7) is 0. The third-order valence-corrected chi connectivity index (χ3v) is 5.55. The Kier molecular flexibility index (Phi) is 5.90. The van der Waals surface area contributed by atoms with Gasteiger partial charge in [-0.1, -0.05) is 25.3 Å². The highest BCUT2D eigenvalue weighted by molar-refractivity contribution is 5.96. The standard InChI is InChI=1S/C21H19F2N5O5/c22-15-7-4-8-16(23)18(15)27-21(33)28(25-24-27)20(32)26(12-5-2-1-3-6-12)13-9-10-14(19(30)31)17(29)11-13/h4,7-12,29H,1-3,5-6H2,(H,30,31). The first-order valence-corrected chi connectivity index (χ1v) is 10.2. The Labute approximate surface area is 185 Å². The van der Waals surface area contributed by atoms with Gasteiger partial charge in [0.15, 0.2) is 11.6 Å². The average Bonchev–Trinajstić information content (AvgIpc) is 3.15. The molecule has 10 nitrogen and oxygen atoms in total. The van der Waals surface area contributed by atoms with E-state index in [-0.39, 0.29) is 17.3 Å². The van der Waals surface area contributed by atoms with Crippen LogP contribution in [0.1, 0.15) is 42.5 Å². The van der Waals surface area contributed by atoms with Crippen LogP contribution in [0.15, 0.2) is 41.2 Å².